The summed E-state index contributed by atoms with van der Waals surface area (Å²) in [4.78, 5) is 14.2. The van der Waals surface area contributed by atoms with Crippen LogP contribution in [0.2, 0.25) is 5.02 Å². The van der Waals surface area contributed by atoms with Gasteiger partial charge in [0.2, 0.25) is 0 Å². The zero-order valence-corrected chi connectivity index (χ0v) is 23.7. The molecule has 3 aromatic rings. The Bertz CT molecular complexity index is 1500. The van der Waals surface area contributed by atoms with Crippen molar-refractivity contribution in [2.75, 3.05) is 18.5 Å². The summed E-state index contributed by atoms with van der Waals surface area (Å²) in [5.41, 5.74) is 1.19. The highest BCUT2D eigenvalue weighted by molar-refractivity contribution is 8.22. The minimum Gasteiger partial charge on any atom is -0.478 e. The molecule has 0 spiro atoms. The lowest BCUT2D eigenvalue weighted by molar-refractivity contribution is -0.286. The number of rotatable bonds is 4. The molecule has 1 fully saturated rings. The third kappa shape index (κ3) is 4.99. The van der Waals surface area contributed by atoms with Crippen molar-refractivity contribution < 1.29 is 37.3 Å². The van der Waals surface area contributed by atoms with E-state index in [4.69, 9.17) is 11.6 Å². The molecule has 0 radical (unpaired) electrons. The fraction of sp³-hybridized carbons (Fsp3) is 0.345. The van der Waals surface area contributed by atoms with Crippen LogP contribution in [-0.2, 0) is 0 Å². The molecule has 2 aliphatic heterocycles. The molecule has 0 amide bonds. The lowest BCUT2D eigenvalue weighted by atomic mass is 9.83. The summed E-state index contributed by atoms with van der Waals surface area (Å²) in [6.45, 7) is 0.492. The zero-order chi connectivity index (χ0) is 29.1. The zero-order valence-electron chi connectivity index (χ0n) is 22.1. The summed E-state index contributed by atoms with van der Waals surface area (Å²) in [6.07, 6.45) is 1.26. The second-order valence-corrected chi connectivity index (χ2v) is 13.1. The third-order valence-corrected chi connectivity index (χ3v) is 10.5. The number of hydrogen-bond acceptors (Lipinski definition) is 7. The first-order valence-corrected chi connectivity index (χ1v) is 15.2. The average Bonchev–Trinajstić information content (AvgIpc) is 3.23. The fourth-order valence-electron chi connectivity index (χ4n) is 6.12. The number of para-hydroxylation sites is 1. The van der Waals surface area contributed by atoms with Crippen molar-refractivity contribution in [3.63, 3.8) is 0 Å². The standard InChI is InChI=1S/C29H29ClF2N2O6S/c1-33-24(17-8-4-2-5-9-17)16-34(19-10-6-3-7-11-19)23-15-22(30)20(14-26(23)41(33,37)38)18-12-21(28(35)36)27-25(13-18)39-29(31,32)40-27/h3,6-7,10-15,17,24,37-38H,2,4-5,8-9,16H2,1H3,(H,35,36). The number of carbonyl (C=O) groups is 1. The average molecular weight is 607 g/mol. The Morgan fingerprint density at radius 1 is 1.05 bits per heavy atom. The van der Waals surface area contributed by atoms with E-state index in [9.17, 15) is 27.8 Å². The largest absolute Gasteiger partial charge is 0.586 e. The van der Waals surface area contributed by atoms with Gasteiger partial charge in [0.25, 0.3) is 0 Å². The van der Waals surface area contributed by atoms with Crippen molar-refractivity contribution in [3.05, 3.63) is 65.2 Å². The highest BCUT2D eigenvalue weighted by atomic mass is 35.5. The molecule has 1 saturated carbocycles. The van der Waals surface area contributed by atoms with Crippen LogP contribution in [0.3, 0.4) is 0 Å². The molecule has 0 saturated heterocycles. The van der Waals surface area contributed by atoms with E-state index >= 15 is 0 Å². The lowest BCUT2D eigenvalue weighted by Gasteiger charge is -2.46. The van der Waals surface area contributed by atoms with Gasteiger partial charge >= 0.3 is 12.3 Å². The molecule has 1 aliphatic carbocycles. The number of carboxylic acid groups (broad SMARTS) is 1. The predicted molar refractivity (Wildman–Crippen MR) is 153 cm³/mol. The van der Waals surface area contributed by atoms with Gasteiger partial charge in [-0.1, -0.05) is 49.1 Å². The number of carboxylic acids is 1. The minimum atomic E-state index is -4.02. The number of halogens is 3. The van der Waals surface area contributed by atoms with Crippen LogP contribution in [0.1, 0.15) is 42.5 Å². The summed E-state index contributed by atoms with van der Waals surface area (Å²) < 4.78 is 62.0. The Balaban J connectivity index is 1.53. The van der Waals surface area contributed by atoms with Gasteiger partial charge in [-0.15, -0.1) is 19.6 Å². The molecule has 41 heavy (non-hydrogen) atoms. The van der Waals surface area contributed by atoms with E-state index in [1.54, 1.807) is 17.4 Å². The van der Waals surface area contributed by atoms with Crippen LogP contribution in [0.25, 0.3) is 11.1 Å². The molecule has 3 aliphatic rings. The van der Waals surface area contributed by atoms with E-state index in [-0.39, 0.29) is 33.0 Å². The van der Waals surface area contributed by atoms with Crippen molar-refractivity contribution in [3.8, 4) is 22.6 Å². The van der Waals surface area contributed by atoms with E-state index in [1.807, 2.05) is 35.2 Å². The number of ether oxygens (including phenoxy) is 2. The summed E-state index contributed by atoms with van der Waals surface area (Å²) >= 11 is 6.79. The topological polar surface area (TPSA) is 103 Å². The van der Waals surface area contributed by atoms with E-state index in [1.165, 1.54) is 12.1 Å². The first-order chi connectivity index (χ1) is 19.5. The maximum atomic E-state index is 13.9. The van der Waals surface area contributed by atoms with Crippen LogP contribution in [0.5, 0.6) is 11.5 Å². The highest BCUT2D eigenvalue weighted by Gasteiger charge is 2.46. The number of likely N-dealkylation sites (N-methyl/N-ethyl adjacent to an activating group) is 1. The van der Waals surface area contributed by atoms with Crippen LogP contribution >= 0.6 is 22.4 Å². The molecule has 0 aromatic heterocycles. The van der Waals surface area contributed by atoms with Gasteiger partial charge in [-0.3, -0.25) is 9.11 Å². The molecule has 12 heteroatoms. The number of fused-ring (bicyclic) bond motifs is 2. The second kappa shape index (κ2) is 10.3. The van der Waals surface area contributed by atoms with E-state index in [0.717, 1.165) is 43.9 Å². The molecule has 2 heterocycles. The van der Waals surface area contributed by atoms with Crippen molar-refractivity contribution >= 4 is 39.7 Å². The molecule has 1 atom stereocenters. The Hall–Kier alpha value is -3.09. The number of hydrogen-bond donors (Lipinski definition) is 3. The van der Waals surface area contributed by atoms with Gasteiger partial charge in [-0.05, 0) is 60.7 Å². The van der Waals surface area contributed by atoms with Crippen LogP contribution in [0, 0.1) is 5.92 Å². The fourth-order valence-corrected chi connectivity index (χ4v) is 8.04. The van der Waals surface area contributed by atoms with Crippen LogP contribution in [0.4, 0.5) is 20.2 Å². The van der Waals surface area contributed by atoms with Crippen molar-refractivity contribution in [1.29, 1.82) is 0 Å². The summed E-state index contributed by atoms with van der Waals surface area (Å²) in [5, 5.41) is 9.89. The lowest BCUT2D eigenvalue weighted by Crippen LogP contribution is -2.45. The molecule has 0 bridgehead atoms. The molecule has 218 valence electrons. The highest BCUT2D eigenvalue weighted by Crippen LogP contribution is 2.61. The number of anilines is 2. The Morgan fingerprint density at radius 3 is 2.44 bits per heavy atom. The van der Waals surface area contributed by atoms with Crippen LogP contribution < -0.4 is 14.4 Å². The summed E-state index contributed by atoms with van der Waals surface area (Å²) in [6, 6.07) is 14.9. The predicted octanol–water partition coefficient (Wildman–Crippen LogP) is 8.08. The quantitative estimate of drug-likeness (QED) is 0.274. The van der Waals surface area contributed by atoms with E-state index in [0.29, 0.717) is 12.2 Å². The molecule has 3 aromatic carbocycles. The minimum absolute atomic E-state index is 0.146. The number of nitrogens with zero attached hydrogens (tertiary/aromatic N) is 2. The van der Waals surface area contributed by atoms with Gasteiger partial charge in [-0.2, -0.15) is 4.31 Å². The normalized spacial score (nSPS) is 22.6. The molecular weight excluding hydrogens is 578 g/mol. The van der Waals surface area contributed by atoms with Crippen molar-refractivity contribution in [2.45, 2.75) is 49.3 Å². The van der Waals surface area contributed by atoms with Crippen molar-refractivity contribution in [1.82, 2.24) is 4.31 Å². The van der Waals surface area contributed by atoms with E-state index in [2.05, 4.69) is 9.47 Å². The Morgan fingerprint density at radius 2 is 1.76 bits per heavy atom. The van der Waals surface area contributed by atoms with Crippen LogP contribution in [0.15, 0.2) is 59.5 Å². The molecule has 8 nitrogen and oxygen atoms in total. The molecule has 6 rings (SSSR count). The second-order valence-electron chi connectivity index (χ2n) is 10.6. The maximum Gasteiger partial charge on any atom is 0.586 e. The van der Waals surface area contributed by atoms with Gasteiger partial charge < -0.3 is 19.5 Å². The van der Waals surface area contributed by atoms with Gasteiger partial charge in [0.05, 0.1) is 15.6 Å². The maximum absolute atomic E-state index is 13.9. The molecule has 3 N–H and O–H groups in total. The Labute approximate surface area is 242 Å². The first kappa shape index (κ1) is 28.0. The SMILES string of the molecule is CN1C(C2CCCCC2)CN(c2ccccc2)c2cc(Cl)c(-c3cc4c(c(C(=O)O)c3)OC(F)(F)O4)cc2S1(O)O. The number of benzene rings is 3. The smallest absolute Gasteiger partial charge is 0.478 e. The summed E-state index contributed by atoms with van der Waals surface area (Å²) in [5.74, 6) is -2.29. The van der Waals surface area contributed by atoms with Gasteiger partial charge in [0.15, 0.2) is 11.5 Å². The van der Waals surface area contributed by atoms with Crippen molar-refractivity contribution in [2.24, 2.45) is 5.92 Å². The van der Waals surface area contributed by atoms with Crippen LogP contribution in [-0.4, -0.2) is 50.4 Å². The number of aromatic carboxylic acids is 1. The monoisotopic (exact) mass is 606 g/mol. The Kier molecular flexibility index (Phi) is 7.06. The van der Waals surface area contributed by atoms with Gasteiger partial charge in [-0.25, -0.2) is 4.79 Å². The summed E-state index contributed by atoms with van der Waals surface area (Å²) in [7, 11) is -1.85. The van der Waals surface area contributed by atoms with Gasteiger partial charge in [0, 0.05) is 30.9 Å². The number of alkyl halides is 2. The molecule has 1 unspecified atom stereocenters. The third-order valence-electron chi connectivity index (χ3n) is 8.18. The van der Waals surface area contributed by atoms with Gasteiger partial charge in [0.1, 0.15) is 5.56 Å². The van der Waals surface area contributed by atoms with E-state index < -0.39 is 40.1 Å². The first-order valence-electron chi connectivity index (χ1n) is 13.3. The molecular formula is C29H29ClF2N2O6S.